The average molecular weight is 456 g/mol. The Morgan fingerprint density at radius 3 is 2.48 bits per heavy atom. The fourth-order valence-corrected chi connectivity index (χ4v) is 2.02. The van der Waals surface area contributed by atoms with Gasteiger partial charge in [-0.3, -0.25) is 4.99 Å². The van der Waals surface area contributed by atoms with Crippen molar-refractivity contribution in [3.63, 3.8) is 0 Å². The van der Waals surface area contributed by atoms with E-state index in [1.165, 1.54) is 5.56 Å². The number of nitrogens with zero attached hydrogens (tertiary/aromatic N) is 2. The van der Waals surface area contributed by atoms with Crippen molar-refractivity contribution in [2.45, 2.75) is 13.5 Å². The zero-order valence-electron chi connectivity index (χ0n) is 14.8. The maximum absolute atomic E-state index is 5.68. The molecule has 6 nitrogen and oxygen atoms in total. The summed E-state index contributed by atoms with van der Waals surface area (Å²) in [5.41, 5.74) is 2.27. The van der Waals surface area contributed by atoms with E-state index in [1.807, 2.05) is 36.4 Å². The van der Waals surface area contributed by atoms with Crippen LogP contribution in [-0.4, -0.2) is 38.3 Å². The molecule has 1 aromatic carbocycles. The highest BCUT2D eigenvalue weighted by molar-refractivity contribution is 14.0. The summed E-state index contributed by atoms with van der Waals surface area (Å²) in [4.78, 5) is 8.36. The van der Waals surface area contributed by atoms with Gasteiger partial charge in [-0.1, -0.05) is 23.8 Å². The minimum absolute atomic E-state index is 0. The number of hydrogen-bond donors (Lipinski definition) is 2. The predicted molar refractivity (Wildman–Crippen MR) is 111 cm³/mol. The van der Waals surface area contributed by atoms with Gasteiger partial charge in [0.15, 0.2) is 5.96 Å². The summed E-state index contributed by atoms with van der Waals surface area (Å²) in [6.45, 7) is 3.91. The second kappa shape index (κ2) is 11.5. The SMILES string of the molecule is CN=C(NCCOc1ccc(C)cc1)NCc1ccc(OC)nc1.I. The molecule has 0 aliphatic carbocycles. The number of aryl methyl sites for hydroxylation is 1. The standard InChI is InChI=1S/C18H24N4O2.HI/c1-14-4-7-16(8-5-14)24-11-10-20-18(19-2)22-13-15-6-9-17(23-3)21-12-15;/h4-9,12H,10-11,13H2,1-3H3,(H2,19,20,22);1H. The predicted octanol–water partition coefficient (Wildman–Crippen LogP) is 2.76. The Balaban J connectivity index is 0.00000312. The summed E-state index contributed by atoms with van der Waals surface area (Å²) in [5.74, 6) is 2.20. The Bertz CT molecular complexity index is 645. The van der Waals surface area contributed by atoms with Crippen LogP contribution in [0.4, 0.5) is 0 Å². The molecule has 0 unspecified atom stereocenters. The number of aliphatic imine (C=N–C) groups is 1. The molecule has 0 radical (unpaired) electrons. The number of aromatic nitrogens is 1. The summed E-state index contributed by atoms with van der Waals surface area (Å²) in [6, 6.07) is 11.8. The van der Waals surface area contributed by atoms with Crippen LogP contribution < -0.4 is 20.1 Å². The molecule has 2 N–H and O–H groups in total. The Morgan fingerprint density at radius 1 is 1.12 bits per heavy atom. The van der Waals surface area contributed by atoms with E-state index in [4.69, 9.17) is 9.47 Å². The first-order valence-electron chi connectivity index (χ1n) is 7.84. The maximum Gasteiger partial charge on any atom is 0.212 e. The van der Waals surface area contributed by atoms with Gasteiger partial charge in [-0.05, 0) is 24.6 Å². The van der Waals surface area contributed by atoms with E-state index in [-0.39, 0.29) is 24.0 Å². The van der Waals surface area contributed by atoms with Crippen molar-refractivity contribution in [1.29, 1.82) is 0 Å². The molecule has 0 saturated heterocycles. The second-order valence-corrected chi connectivity index (χ2v) is 5.22. The lowest BCUT2D eigenvalue weighted by Gasteiger charge is -2.12. The summed E-state index contributed by atoms with van der Waals surface area (Å²) in [6.07, 6.45) is 1.78. The molecule has 0 amide bonds. The van der Waals surface area contributed by atoms with Crippen molar-refractivity contribution in [3.8, 4) is 11.6 Å². The van der Waals surface area contributed by atoms with Crippen LogP contribution in [0.2, 0.25) is 0 Å². The van der Waals surface area contributed by atoms with E-state index in [2.05, 4.69) is 27.5 Å². The third-order valence-electron chi connectivity index (χ3n) is 3.37. The van der Waals surface area contributed by atoms with Crippen LogP contribution in [0.5, 0.6) is 11.6 Å². The number of ether oxygens (including phenoxy) is 2. The fraction of sp³-hybridized carbons (Fsp3) is 0.333. The van der Waals surface area contributed by atoms with Crippen molar-refractivity contribution in [2.24, 2.45) is 4.99 Å². The lowest BCUT2D eigenvalue weighted by atomic mass is 10.2. The number of hydrogen-bond acceptors (Lipinski definition) is 4. The molecule has 0 bridgehead atoms. The largest absolute Gasteiger partial charge is 0.492 e. The third-order valence-corrected chi connectivity index (χ3v) is 3.37. The average Bonchev–Trinajstić information content (AvgIpc) is 2.63. The topological polar surface area (TPSA) is 67.8 Å². The van der Waals surface area contributed by atoms with E-state index in [0.29, 0.717) is 25.6 Å². The van der Waals surface area contributed by atoms with Gasteiger partial charge >= 0.3 is 0 Å². The molecule has 2 aromatic rings. The first-order valence-corrected chi connectivity index (χ1v) is 7.84. The van der Waals surface area contributed by atoms with Gasteiger partial charge in [-0.2, -0.15) is 0 Å². The second-order valence-electron chi connectivity index (χ2n) is 5.22. The van der Waals surface area contributed by atoms with E-state index in [1.54, 1.807) is 20.4 Å². The minimum atomic E-state index is 0. The van der Waals surface area contributed by atoms with Gasteiger partial charge < -0.3 is 20.1 Å². The van der Waals surface area contributed by atoms with Gasteiger partial charge in [-0.25, -0.2) is 4.98 Å². The molecule has 136 valence electrons. The van der Waals surface area contributed by atoms with Crippen LogP contribution in [0.15, 0.2) is 47.6 Å². The highest BCUT2D eigenvalue weighted by atomic mass is 127. The first-order chi connectivity index (χ1) is 11.7. The van der Waals surface area contributed by atoms with Gasteiger partial charge in [0.1, 0.15) is 12.4 Å². The Hall–Kier alpha value is -2.03. The van der Waals surface area contributed by atoms with Crippen LogP contribution in [-0.2, 0) is 6.54 Å². The van der Waals surface area contributed by atoms with Gasteiger partial charge in [0, 0.05) is 25.9 Å². The zero-order valence-corrected chi connectivity index (χ0v) is 17.1. The molecule has 2 rings (SSSR count). The molecule has 0 saturated carbocycles. The Kier molecular flexibility index (Phi) is 9.68. The van der Waals surface area contributed by atoms with E-state index >= 15 is 0 Å². The lowest BCUT2D eigenvalue weighted by molar-refractivity contribution is 0.322. The van der Waals surface area contributed by atoms with E-state index < -0.39 is 0 Å². The molecular formula is C18H25IN4O2. The highest BCUT2D eigenvalue weighted by Crippen LogP contribution is 2.10. The molecule has 1 aromatic heterocycles. The third kappa shape index (κ3) is 7.59. The number of nitrogens with one attached hydrogen (secondary N) is 2. The number of benzene rings is 1. The first kappa shape index (κ1) is 21.0. The van der Waals surface area contributed by atoms with Crippen molar-refractivity contribution in [1.82, 2.24) is 15.6 Å². The maximum atomic E-state index is 5.68. The van der Waals surface area contributed by atoms with Gasteiger partial charge in [0.05, 0.1) is 13.7 Å². The monoisotopic (exact) mass is 456 g/mol. The number of methoxy groups -OCH3 is 1. The number of rotatable bonds is 7. The fourth-order valence-electron chi connectivity index (χ4n) is 2.02. The van der Waals surface area contributed by atoms with Gasteiger partial charge in [0.2, 0.25) is 5.88 Å². The summed E-state index contributed by atoms with van der Waals surface area (Å²) >= 11 is 0. The minimum Gasteiger partial charge on any atom is -0.492 e. The Morgan fingerprint density at radius 2 is 1.88 bits per heavy atom. The molecule has 0 spiro atoms. The molecule has 1 heterocycles. The summed E-state index contributed by atoms with van der Waals surface area (Å²) < 4.78 is 10.7. The molecular weight excluding hydrogens is 431 g/mol. The molecule has 7 heteroatoms. The van der Waals surface area contributed by atoms with Crippen LogP contribution >= 0.6 is 24.0 Å². The van der Waals surface area contributed by atoms with Crippen molar-refractivity contribution in [2.75, 3.05) is 27.3 Å². The smallest absolute Gasteiger partial charge is 0.212 e. The number of pyridine rings is 1. The number of guanidine groups is 1. The zero-order chi connectivity index (χ0) is 17.2. The molecule has 0 atom stereocenters. The summed E-state index contributed by atoms with van der Waals surface area (Å²) in [5, 5.41) is 6.44. The van der Waals surface area contributed by atoms with Crippen LogP contribution in [0.1, 0.15) is 11.1 Å². The Labute approximate surface area is 166 Å². The highest BCUT2D eigenvalue weighted by Gasteiger charge is 2.00. The van der Waals surface area contributed by atoms with Crippen LogP contribution in [0.3, 0.4) is 0 Å². The number of halogens is 1. The van der Waals surface area contributed by atoms with E-state index in [0.717, 1.165) is 17.3 Å². The van der Waals surface area contributed by atoms with Crippen molar-refractivity contribution >= 4 is 29.9 Å². The van der Waals surface area contributed by atoms with Crippen LogP contribution in [0.25, 0.3) is 0 Å². The molecule has 0 aliphatic heterocycles. The van der Waals surface area contributed by atoms with Gasteiger partial charge in [0.25, 0.3) is 0 Å². The molecule has 0 fully saturated rings. The molecule has 0 aliphatic rings. The normalized spacial score (nSPS) is 10.6. The lowest BCUT2D eigenvalue weighted by Crippen LogP contribution is -2.38. The van der Waals surface area contributed by atoms with E-state index in [9.17, 15) is 0 Å². The van der Waals surface area contributed by atoms with Crippen LogP contribution in [0, 0.1) is 6.92 Å². The summed E-state index contributed by atoms with van der Waals surface area (Å²) in [7, 11) is 3.34. The quantitative estimate of drug-likeness (QED) is 0.290. The van der Waals surface area contributed by atoms with Crippen molar-refractivity contribution in [3.05, 3.63) is 53.7 Å². The van der Waals surface area contributed by atoms with Gasteiger partial charge in [-0.15, -0.1) is 24.0 Å². The van der Waals surface area contributed by atoms with Crippen molar-refractivity contribution < 1.29 is 9.47 Å². The molecule has 25 heavy (non-hydrogen) atoms.